The summed E-state index contributed by atoms with van der Waals surface area (Å²) in [5, 5.41) is 3.64. The molecular weight excluding hydrogens is 375 g/mol. The molecule has 0 radical (unpaired) electrons. The molecule has 1 saturated carbocycles. The van der Waals surface area contributed by atoms with Gasteiger partial charge < -0.3 is 10.2 Å². The number of halogens is 2. The average Bonchev–Trinajstić information content (AvgIpc) is 2.30. The van der Waals surface area contributed by atoms with Crippen LogP contribution in [0, 0.1) is 3.57 Å². The van der Waals surface area contributed by atoms with Crippen molar-refractivity contribution in [3.8, 4) is 0 Å². The number of likely N-dealkylation sites (N-methyl/N-ethyl adjacent to an activating group) is 1. The van der Waals surface area contributed by atoms with Gasteiger partial charge in [0.1, 0.15) is 0 Å². The Morgan fingerprint density at radius 1 is 1.47 bits per heavy atom. The van der Waals surface area contributed by atoms with Gasteiger partial charge in [-0.1, -0.05) is 11.6 Å². The van der Waals surface area contributed by atoms with Crippen LogP contribution in [0.25, 0.3) is 0 Å². The molecule has 0 bridgehead atoms. The maximum atomic E-state index is 12.2. The number of carbonyl (C=O) groups excluding carboxylic acids is 1. The molecule has 1 N–H and O–H groups in total. The van der Waals surface area contributed by atoms with Gasteiger partial charge in [0.2, 0.25) is 0 Å². The molecule has 1 aliphatic rings. The number of benzene rings is 1. The zero-order valence-corrected chi connectivity index (χ0v) is 14.1. The third kappa shape index (κ3) is 3.23. The van der Waals surface area contributed by atoms with E-state index in [1.165, 1.54) is 6.42 Å². The van der Waals surface area contributed by atoms with E-state index in [-0.39, 0.29) is 11.4 Å². The SMILES string of the molecule is CN(C)C1(CNC(=O)c2cc(Cl)ccc2I)CCC1. The molecule has 0 atom stereocenters. The maximum Gasteiger partial charge on any atom is 0.252 e. The van der Waals surface area contributed by atoms with Gasteiger partial charge in [0.05, 0.1) is 5.56 Å². The molecule has 0 aliphatic heterocycles. The van der Waals surface area contributed by atoms with Crippen molar-refractivity contribution in [3.63, 3.8) is 0 Å². The molecule has 19 heavy (non-hydrogen) atoms. The number of rotatable bonds is 4. The number of hydrogen-bond acceptors (Lipinski definition) is 2. The molecular formula is C14H18ClIN2O. The normalized spacial score (nSPS) is 17.1. The first-order chi connectivity index (χ1) is 8.94. The van der Waals surface area contributed by atoms with Crippen molar-refractivity contribution in [2.45, 2.75) is 24.8 Å². The summed E-state index contributed by atoms with van der Waals surface area (Å²) < 4.78 is 0.923. The van der Waals surface area contributed by atoms with Gasteiger partial charge in [-0.15, -0.1) is 0 Å². The highest BCUT2D eigenvalue weighted by Gasteiger charge is 2.39. The fourth-order valence-electron chi connectivity index (χ4n) is 2.38. The maximum absolute atomic E-state index is 12.2. The standard InChI is InChI=1S/C14H18ClIN2O/c1-18(2)14(6-3-7-14)9-17-13(19)11-8-10(15)4-5-12(11)16/h4-5,8H,3,6-7,9H2,1-2H3,(H,17,19). The number of hydrogen-bond donors (Lipinski definition) is 1. The second-order valence-electron chi connectivity index (χ2n) is 5.28. The predicted molar refractivity (Wildman–Crippen MR) is 86.8 cm³/mol. The largest absolute Gasteiger partial charge is 0.350 e. The van der Waals surface area contributed by atoms with E-state index in [2.05, 4.69) is 46.9 Å². The van der Waals surface area contributed by atoms with E-state index in [0.29, 0.717) is 17.1 Å². The topological polar surface area (TPSA) is 32.3 Å². The monoisotopic (exact) mass is 392 g/mol. The molecule has 0 saturated heterocycles. The molecule has 0 unspecified atom stereocenters. The first-order valence-corrected chi connectivity index (χ1v) is 7.81. The van der Waals surface area contributed by atoms with Crippen LogP contribution >= 0.6 is 34.2 Å². The highest BCUT2D eigenvalue weighted by Crippen LogP contribution is 2.35. The van der Waals surface area contributed by atoms with Crippen molar-refractivity contribution < 1.29 is 4.79 Å². The van der Waals surface area contributed by atoms with Crippen LogP contribution in [0.5, 0.6) is 0 Å². The molecule has 0 spiro atoms. The summed E-state index contributed by atoms with van der Waals surface area (Å²) in [6, 6.07) is 5.39. The molecule has 1 aromatic carbocycles. The Morgan fingerprint density at radius 2 is 2.16 bits per heavy atom. The summed E-state index contributed by atoms with van der Waals surface area (Å²) in [4.78, 5) is 14.5. The van der Waals surface area contributed by atoms with E-state index in [9.17, 15) is 4.79 Å². The van der Waals surface area contributed by atoms with Crippen molar-refractivity contribution >= 4 is 40.1 Å². The van der Waals surface area contributed by atoms with Gasteiger partial charge in [0, 0.05) is 20.7 Å². The quantitative estimate of drug-likeness (QED) is 0.798. The Labute approximate surface area is 132 Å². The Morgan fingerprint density at radius 3 is 2.68 bits per heavy atom. The summed E-state index contributed by atoms with van der Waals surface area (Å²) in [6.45, 7) is 0.696. The second-order valence-corrected chi connectivity index (χ2v) is 6.88. The van der Waals surface area contributed by atoms with Crippen molar-refractivity contribution in [1.29, 1.82) is 0 Å². The molecule has 0 heterocycles. The van der Waals surface area contributed by atoms with Crippen LogP contribution in [0.2, 0.25) is 5.02 Å². The lowest BCUT2D eigenvalue weighted by atomic mass is 9.75. The lowest BCUT2D eigenvalue weighted by Gasteiger charge is -2.47. The average molecular weight is 393 g/mol. The van der Waals surface area contributed by atoms with E-state index in [1.54, 1.807) is 12.1 Å². The molecule has 0 aromatic heterocycles. The number of carbonyl (C=O) groups is 1. The zero-order valence-electron chi connectivity index (χ0n) is 11.2. The summed E-state index contributed by atoms with van der Waals surface area (Å²) in [5.41, 5.74) is 0.793. The smallest absolute Gasteiger partial charge is 0.252 e. The van der Waals surface area contributed by atoms with Gasteiger partial charge in [0.25, 0.3) is 5.91 Å². The van der Waals surface area contributed by atoms with E-state index in [4.69, 9.17) is 11.6 Å². The molecule has 1 aliphatic carbocycles. The summed E-state index contributed by atoms with van der Waals surface area (Å²) in [7, 11) is 4.16. The fourth-order valence-corrected chi connectivity index (χ4v) is 3.13. The van der Waals surface area contributed by atoms with Gasteiger partial charge in [-0.2, -0.15) is 0 Å². The molecule has 1 fully saturated rings. The van der Waals surface area contributed by atoms with Crippen molar-refractivity contribution in [2.24, 2.45) is 0 Å². The number of nitrogens with one attached hydrogen (secondary N) is 1. The molecule has 1 aromatic rings. The van der Waals surface area contributed by atoms with Crippen LogP contribution in [0.15, 0.2) is 18.2 Å². The van der Waals surface area contributed by atoms with E-state index in [1.807, 2.05) is 6.07 Å². The molecule has 5 heteroatoms. The van der Waals surface area contributed by atoms with Crippen LogP contribution in [0.3, 0.4) is 0 Å². The van der Waals surface area contributed by atoms with E-state index < -0.39 is 0 Å². The van der Waals surface area contributed by atoms with Crippen LogP contribution in [-0.2, 0) is 0 Å². The fraction of sp³-hybridized carbons (Fsp3) is 0.500. The van der Waals surface area contributed by atoms with Gasteiger partial charge in [-0.25, -0.2) is 0 Å². The minimum atomic E-state index is -0.0416. The lowest BCUT2D eigenvalue weighted by Crippen LogP contribution is -2.57. The first kappa shape index (κ1) is 15.1. The van der Waals surface area contributed by atoms with Crippen LogP contribution < -0.4 is 5.32 Å². The molecule has 1 amide bonds. The van der Waals surface area contributed by atoms with Crippen LogP contribution in [-0.4, -0.2) is 37.0 Å². The minimum absolute atomic E-state index is 0.0416. The summed E-state index contributed by atoms with van der Waals surface area (Å²) in [6.07, 6.45) is 3.53. The lowest BCUT2D eigenvalue weighted by molar-refractivity contribution is 0.0557. The van der Waals surface area contributed by atoms with Crippen molar-refractivity contribution in [1.82, 2.24) is 10.2 Å². The van der Waals surface area contributed by atoms with Crippen molar-refractivity contribution in [2.75, 3.05) is 20.6 Å². The minimum Gasteiger partial charge on any atom is -0.350 e. The number of nitrogens with zero attached hydrogens (tertiary/aromatic N) is 1. The third-order valence-electron chi connectivity index (χ3n) is 3.98. The molecule has 3 nitrogen and oxygen atoms in total. The van der Waals surface area contributed by atoms with Gasteiger partial charge in [0.15, 0.2) is 0 Å². The van der Waals surface area contributed by atoms with Crippen LogP contribution in [0.1, 0.15) is 29.6 Å². The van der Waals surface area contributed by atoms with E-state index >= 15 is 0 Å². The Balaban J connectivity index is 2.03. The first-order valence-electron chi connectivity index (χ1n) is 6.35. The van der Waals surface area contributed by atoms with E-state index in [0.717, 1.165) is 16.4 Å². The van der Waals surface area contributed by atoms with Gasteiger partial charge in [-0.05, 0) is 74.1 Å². The Bertz CT molecular complexity index is 486. The summed E-state index contributed by atoms with van der Waals surface area (Å²) in [5.74, 6) is -0.0416. The predicted octanol–water partition coefficient (Wildman–Crippen LogP) is 3.16. The molecule has 104 valence electrons. The highest BCUT2D eigenvalue weighted by molar-refractivity contribution is 14.1. The second kappa shape index (κ2) is 5.97. The zero-order chi connectivity index (χ0) is 14.0. The molecule has 2 rings (SSSR count). The summed E-state index contributed by atoms with van der Waals surface area (Å²) >= 11 is 8.11. The number of amides is 1. The van der Waals surface area contributed by atoms with Crippen LogP contribution in [0.4, 0.5) is 0 Å². The van der Waals surface area contributed by atoms with Gasteiger partial charge >= 0.3 is 0 Å². The van der Waals surface area contributed by atoms with Crippen molar-refractivity contribution in [3.05, 3.63) is 32.4 Å². The third-order valence-corrected chi connectivity index (χ3v) is 5.16. The Kier molecular flexibility index (Phi) is 4.74. The van der Waals surface area contributed by atoms with Gasteiger partial charge in [-0.3, -0.25) is 4.79 Å². The Hall–Kier alpha value is -0.330. The highest BCUT2D eigenvalue weighted by atomic mass is 127.